The van der Waals surface area contributed by atoms with E-state index >= 15 is 0 Å². The summed E-state index contributed by atoms with van der Waals surface area (Å²) in [7, 11) is 0. The second kappa shape index (κ2) is 7.48. The molecule has 0 fully saturated rings. The van der Waals surface area contributed by atoms with Gasteiger partial charge in [-0.1, -0.05) is 37.3 Å². The van der Waals surface area contributed by atoms with Crippen molar-refractivity contribution in [3.8, 4) is 11.5 Å². The summed E-state index contributed by atoms with van der Waals surface area (Å²) in [6.45, 7) is 4.97. The molecule has 0 bridgehead atoms. The zero-order valence-electron chi connectivity index (χ0n) is 12.5. The van der Waals surface area contributed by atoms with E-state index in [1.807, 2.05) is 25.1 Å². The second-order valence-electron chi connectivity index (χ2n) is 4.68. The highest BCUT2D eigenvalue weighted by Crippen LogP contribution is 2.31. The number of benzene rings is 2. The summed E-state index contributed by atoms with van der Waals surface area (Å²) in [5, 5.41) is 0. The number of para-hydroxylation sites is 1. The average Bonchev–Trinajstić information content (AvgIpc) is 2.54. The minimum absolute atomic E-state index is 0.412. The molecule has 0 N–H and O–H groups in total. The van der Waals surface area contributed by atoms with E-state index in [1.54, 1.807) is 12.1 Å². The molecule has 2 aromatic carbocycles. The van der Waals surface area contributed by atoms with E-state index in [0.717, 1.165) is 18.3 Å². The molecule has 0 aliphatic rings. The third-order valence-electron chi connectivity index (χ3n) is 3.25. The molecule has 0 saturated carbocycles. The lowest BCUT2D eigenvalue weighted by molar-refractivity contribution is 0.111. The SMILES string of the molecule is CCOc1cccc(C=O)c1OCc1ccc(CC)cc1. The van der Waals surface area contributed by atoms with Gasteiger partial charge in [-0.25, -0.2) is 0 Å². The first-order valence-corrected chi connectivity index (χ1v) is 7.20. The van der Waals surface area contributed by atoms with Crippen molar-refractivity contribution >= 4 is 6.29 Å². The van der Waals surface area contributed by atoms with Gasteiger partial charge in [0.15, 0.2) is 17.8 Å². The normalized spacial score (nSPS) is 10.2. The van der Waals surface area contributed by atoms with Gasteiger partial charge in [-0.3, -0.25) is 4.79 Å². The van der Waals surface area contributed by atoms with Gasteiger partial charge in [-0.05, 0) is 36.6 Å². The van der Waals surface area contributed by atoms with Crippen LogP contribution in [0.25, 0.3) is 0 Å². The van der Waals surface area contributed by atoms with Crippen molar-refractivity contribution in [1.82, 2.24) is 0 Å². The summed E-state index contributed by atoms with van der Waals surface area (Å²) >= 11 is 0. The highest BCUT2D eigenvalue weighted by Gasteiger charge is 2.10. The van der Waals surface area contributed by atoms with E-state index in [2.05, 4.69) is 19.1 Å². The molecule has 0 aromatic heterocycles. The molecule has 3 nitrogen and oxygen atoms in total. The van der Waals surface area contributed by atoms with Crippen molar-refractivity contribution in [2.24, 2.45) is 0 Å². The van der Waals surface area contributed by atoms with Crippen LogP contribution in [-0.2, 0) is 13.0 Å². The van der Waals surface area contributed by atoms with E-state index in [0.29, 0.717) is 30.3 Å². The molecule has 2 aromatic rings. The Morgan fingerprint density at radius 2 is 1.67 bits per heavy atom. The van der Waals surface area contributed by atoms with E-state index in [4.69, 9.17) is 9.47 Å². The molecule has 21 heavy (non-hydrogen) atoms. The van der Waals surface area contributed by atoms with E-state index < -0.39 is 0 Å². The number of aryl methyl sites for hydroxylation is 1. The maximum absolute atomic E-state index is 11.1. The zero-order valence-corrected chi connectivity index (χ0v) is 12.5. The summed E-state index contributed by atoms with van der Waals surface area (Å²) in [5.74, 6) is 1.11. The predicted molar refractivity (Wildman–Crippen MR) is 83.2 cm³/mol. The molecule has 2 rings (SSSR count). The van der Waals surface area contributed by atoms with Gasteiger partial charge in [0.05, 0.1) is 12.2 Å². The van der Waals surface area contributed by atoms with Crippen molar-refractivity contribution in [3.63, 3.8) is 0 Å². The van der Waals surface area contributed by atoms with Crippen LogP contribution in [0.1, 0.15) is 35.3 Å². The summed E-state index contributed by atoms with van der Waals surface area (Å²) < 4.78 is 11.3. The van der Waals surface area contributed by atoms with Gasteiger partial charge >= 0.3 is 0 Å². The van der Waals surface area contributed by atoms with Crippen LogP contribution in [0.3, 0.4) is 0 Å². The first-order chi connectivity index (χ1) is 10.3. The quantitative estimate of drug-likeness (QED) is 0.720. The first kappa shape index (κ1) is 15.1. The van der Waals surface area contributed by atoms with Gasteiger partial charge in [0.1, 0.15) is 6.61 Å². The Bertz CT molecular complexity index is 588. The van der Waals surface area contributed by atoms with E-state index in [9.17, 15) is 4.79 Å². The van der Waals surface area contributed by atoms with Crippen LogP contribution in [-0.4, -0.2) is 12.9 Å². The van der Waals surface area contributed by atoms with Crippen molar-refractivity contribution in [1.29, 1.82) is 0 Å². The molecule has 0 atom stereocenters. The molecular weight excluding hydrogens is 264 g/mol. The number of ether oxygens (including phenoxy) is 2. The molecule has 0 heterocycles. The fourth-order valence-corrected chi connectivity index (χ4v) is 2.08. The average molecular weight is 284 g/mol. The Morgan fingerprint density at radius 1 is 0.952 bits per heavy atom. The van der Waals surface area contributed by atoms with Crippen molar-refractivity contribution in [3.05, 3.63) is 59.2 Å². The maximum atomic E-state index is 11.1. The smallest absolute Gasteiger partial charge is 0.172 e. The van der Waals surface area contributed by atoms with Crippen LogP contribution in [0, 0.1) is 0 Å². The van der Waals surface area contributed by atoms with Crippen molar-refractivity contribution < 1.29 is 14.3 Å². The third-order valence-corrected chi connectivity index (χ3v) is 3.25. The predicted octanol–water partition coefficient (Wildman–Crippen LogP) is 4.04. The molecule has 0 aliphatic carbocycles. The highest BCUT2D eigenvalue weighted by atomic mass is 16.5. The molecule has 0 radical (unpaired) electrons. The van der Waals surface area contributed by atoms with Gasteiger partial charge in [0.25, 0.3) is 0 Å². The third kappa shape index (κ3) is 3.85. The molecule has 0 spiro atoms. The van der Waals surface area contributed by atoms with Gasteiger partial charge < -0.3 is 9.47 Å². The Kier molecular flexibility index (Phi) is 5.38. The van der Waals surface area contributed by atoms with Crippen molar-refractivity contribution in [2.75, 3.05) is 6.61 Å². The second-order valence-corrected chi connectivity index (χ2v) is 4.68. The van der Waals surface area contributed by atoms with Gasteiger partial charge in [-0.2, -0.15) is 0 Å². The molecule has 3 heteroatoms. The van der Waals surface area contributed by atoms with Crippen molar-refractivity contribution in [2.45, 2.75) is 26.9 Å². The Morgan fingerprint density at radius 3 is 2.29 bits per heavy atom. The summed E-state index contributed by atoms with van der Waals surface area (Å²) in [6.07, 6.45) is 1.81. The Hall–Kier alpha value is -2.29. The highest BCUT2D eigenvalue weighted by molar-refractivity contribution is 5.81. The van der Waals surface area contributed by atoms with Crippen LogP contribution in [0.4, 0.5) is 0 Å². The topological polar surface area (TPSA) is 35.5 Å². The first-order valence-electron chi connectivity index (χ1n) is 7.20. The van der Waals surface area contributed by atoms with Crippen LogP contribution in [0.15, 0.2) is 42.5 Å². The Balaban J connectivity index is 2.15. The molecule has 0 aliphatic heterocycles. The standard InChI is InChI=1S/C18H20O3/c1-3-14-8-10-15(11-9-14)13-21-18-16(12-19)6-5-7-17(18)20-4-2/h5-12H,3-4,13H2,1-2H3. The summed E-state index contributed by atoms with van der Waals surface area (Å²) in [6, 6.07) is 13.6. The lowest BCUT2D eigenvalue weighted by Gasteiger charge is -2.13. The fourth-order valence-electron chi connectivity index (χ4n) is 2.08. The molecular formula is C18H20O3. The lowest BCUT2D eigenvalue weighted by Crippen LogP contribution is -2.02. The van der Waals surface area contributed by atoms with Gasteiger partial charge in [-0.15, -0.1) is 0 Å². The largest absolute Gasteiger partial charge is 0.490 e. The lowest BCUT2D eigenvalue weighted by atomic mass is 10.1. The van der Waals surface area contributed by atoms with Gasteiger partial charge in [0.2, 0.25) is 0 Å². The van der Waals surface area contributed by atoms with E-state index in [-0.39, 0.29) is 0 Å². The van der Waals surface area contributed by atoms with Crippen LogP contribution >= 0.6 is 0 Å². The number of carbonyl (C=O) groups excluding carboxylic acids is 1. The number of hydrogen-bond acceptors (Lipinski definition) is 3. The zero-order chi connectivity index (χ0) is 15.1. The minimum Gasteiger partial charge on any atom is -0.490 e. The molecule has 110 valence electrons. The molecule has 0 unspecified atom stereocenters. The molecule has 0 saturated heterocycles. The van der Waals surface area contributed by atoms with Crippen LogP contribution < -0.4 is 9.47 Å². The number of hydrogen-bond donors (Lipinski definition) is 0. The monoisotopic (exact) mass is 284 g/mol. The number of rotatable bonds is 7. The minimum atomic E-state index is 0.412. The summed E-state index contributed by atoms with van der Waals surface area (Å²) in [4.78, 5) is 11.1. The van der Waals surface area contributed by atoms with Crippen LogP contribution in [0.5, 0.6) is 11.5 Å². The Labute approximate surface area is 125 Å². The van der Waals surface area contributed by atoms with Gasteiger partial charge in [0, 0.05) is 0 Å². The fraction of sp³-hybridized carbons (Fsp3) is 0.278. The maximum Gasteiger partial charge on any atom is 0.172 e. The van der Waals surface area contributed by atoms with E-state index in [1.165, 1.54) is 5.56 Å². The molecule has 0 amide bonds. The number of aldehydes is 1. The van der Waals surface area contributed by atoms with Crippen LogP contribution in [0.2, 0.25) is 0 Å². The number of carbonyl (C=O) groups is 1. The summed E-state index contributed by atoms with van der Waals surface area (Å²) in [5.41, 5.74) is 2.86.